The Hall–Kier alpha value is -1.87. The number of benzene rings is 1. The molecule has 108 valence electrons. The summed E-state index contributed by atoms with van der Waals surface area (Å²) in [6.45, 7) is 3.84. The van der Waals surface area contributed by atoms with Crippen LogP contribution in [0.5, 0.6) is 0 Å². The van der Waals surface area contributed by atoms with Crippen molar-refractivity contribution in [1.82, 2.24) is 4.98 Å². The lowest BCUT2D eigenvalue weighted by Crippen LogP contribution is -2.38. The topological polar surface area (TPSA) is 25.4 Å². The van der Waals surface area contributed by atoms with Crippen molar-refractivity contribution in [3.63, 3.8) is 0 Å². The van der Waals surface area contributed by atoms with Crippen LogP contribution in [0.25, 0.3) is 0 Å². The molecule has 0 N–H and O–H groups in total. The number of para-hydroxylation sites is 1. The fraction of sp³-hybridized carbons (Fsp3) is 0.389. The van der Waals surface area contributed by atoms with Crippen molar-refractivity contribution in [2.75, 3.05) is 24.7 Å². The minimum Gasteiger partial charge on any atom is -0.381 e. The molecule has 3 heterocycles. The van der Waals surface area contributed by atoms with E-state index in [1.165, 1.54) is 16.8 Å². The lowest BCUT2D eigenvalue weighted by atomic mass is 9.76. The number of hydrogen-bond acceptors (Lipinski definition) is 3. The molecule has 21 heavy (non-hydrogen) atoms. The molecular weight excluding hydrogens is 260 g/mol. The van der Waals surface area contributed by atoms with Crippen molar-refractivity contribution in [3.8, 4) is 0 Å². The summed E-state index contributed by atoms with van der Waals surface area (Å²) in [4.78, 5) is 6.64. The Bertz CT molecular complexity index is 620. The van der Waals surface area contributed by atoms with Gasteiger partial charge in [-0.25, -0.2) is 0 Å². The maximum atomic E-state index is 5.60. The molecule has 4 rings (SSSR count). The summed E-state index contributed by atoms with van der Waals surface area (Å²) in [5.74, 6) is 0. The van der Waals surface area contributed by atoms with Crippen LogP contribution in [0.15, 0.2) is 48.8 Å². The van der Waals surface area contributed by atoms with Gasteiger partial charge in [0.15, 0.2) is 0 Å². The molecule has 0 amide bonds. The Kier molecular flexibility index (Phi) is 3.15. The predicted octanol–water partition coefficient (Wildman–Crippen LogP) is 3.15. The Balaban J connectivity index is 1.68. The summed E-state index contributed by atoms with van der Waals surface area (Å²) in [6.07, 6.45) is 6.02. The maximum absolute atomic E-state index is 5.60. The molecule has 1 fully saturated rings. The van der Waals surface area contributed by atoms with E-state index in [0.717, 1.165) is 39.1 Å². The normalized spacial score (nSPS) is 19.7. The molecule has 2 aliphatic rings. The third-order valence-corrected chi connectivity index (χ3v) is 4.88. The van der Waals surface area contributed by atoms with E-state index in [2.05, 4.69) is 46.3 Å². The van der Waals surface area contributed by atoms with Crippen molar-refractivity contribution in [1.29, 1.82) is 0 Å². The first kappa shape index (κ1) is 12.8. The Morgan fingerprint density at radius 3 is 2.62 bits per heavy atom. The number of aromatic nitrogens is 1. The van der Waals surface area contributed by atoms with Crippen LogP contribution in [0.4, 0.5) is 5.69 Å². The van der Waals surface area contributed by atoms with Crippen LogP contribution in [0.2, 0.25) is 0 Å². The number of fused-ring (bicyclic) bond motifs is 2. The molecule has 1 aromatic heterocycles. The highest BCUT2D eigenvalue weighted by atomic mass is 16.5. The molecule has 2 aliphatic heterocycles. The van der Waals surface area contributed by atoms with Crippen LogP contribution in [-0.2, 0) is 16.7 Å². The van der Waals surface area contributed by atoms with Gasteiger partial charge in [-0.2, -0.15) is 0 Å². The van der Waals surface area contributed by atoms with E-state index in [1.807, 2.05) is 12.4 Å². The second kappa shape index (κ2) is 5.15. The van der Waals surface area contributed by atoms with E-state index in [9.17, 15) is 0 Å². The molecule has 1 aromatic carbocycles. The summed E-state index contributed by atoms with van der Waals surface area (Å²) in [5.41, 5.74) is 4.53. The third kappa shape index (κ3) is 2.22. The van der Waals surface area contributed by atoms with E-state index >= 15 is 0 Å². The smallest absolute Gasteiger partial charge is 0.0475 e. The average molecular weight is 280 g/mol. The molecule has 2 aromatic rings. The molecule has 0 unspecified atom stereocenters. The first-order chi connectivity index (χ1) is 10.4. The van der Waals surface area contributed by atoms with Gasteiger partial charge in [-0.1, -0.05) is 18.2 Å². The fourth-order valence-electron chi connectivity index (χ4n) is 3.77. The zero-order valence-electron chi connectivity index (χ0n) is 12.2. The summed E-state index contributed by atoms with van der Waals surface area (Å²) in [7, 11) is 0. The van der Waals surface area contributed by atoms with E-state index in [1.54, 1.807) is 0 Å². The third-order valence-electron chi connectivity index (χ3n) is 4.88. The zero-order valence-corrected chi connectivity index (χ0v) is 12.2. The van der Waals surface area contributed by atoms with Gasteiger partial charge in [-0.15, -0.1) is 0 Å². The van der Waals surface area contributed by atoms with E-state index in [-0.39, 0.29) is 0 Å². The maximum Gasteiger partial charge on any atom is 0.0475 e. The first-order valence-electron chi connectivity index (χ1n) is 7.69. The van der Waals surface area contributed by atoms with Gasteiger partial charge in [-0.05, 0) is 42.2 Å². The van der Waals surface area contributed by atoms with Gasteiger partial charge in [-0.3, -0.25) is 4.98 Å². The standard InChI is InChI=1S/C18H20N2O/c1-2-4-17-16(3-1)18(7-11-21-12-8-18)14-20(17)13-15-5-9-19-10-6-15/h1-6,9-10H,7-8,11-14H2. The van der Waals surface area contributed by atoms with Crippen molar-refractivity contribution in [2.45, 2.75) is 24.8 Å². The highest BCUT2D eigenvalue weighted by Crippen LogP contribution is 2.46. The number of rotatable bonds is 2. The van der Waals surface area contributed by atoms with Crippen LogP contribution in [-0.4, -0.2) is 24.7 Å². The van der Waals surface area contributed by atoms with Crippen LogP contribution >= 0.6 is 0 Å². The Morgan fingerprint density at radius 1 is 1.05 bits per heavy atom. The highest BCUT2D eigenvalue weighted by Gasteiger charge is 2.43. The van der Waals surface area contributed by atoms with Gasteiger partial charge in [0.25, 0.3) is 0 Å². The molecular formula is C18H20N2O. The van der Waals surface area contributed by atoms with Gasteiger partial charge in [0, 0.05) is 49.8 Å². The molecule has 0 aliphatic carbocycles. The SMILES string of the molecule is c1ccc2c(c1)N(Cc1ccncc1)CC21CCOCC1. The molecule has 1 saturated heterocycles. The Morgan fingerprint density at radius 2 is 1.81 bits per heavy atom. The molecule has 0 atom stereocenters. The summed E-state index contributed by atoms with van der Waals surface area (Å²) in [6, 6.07) is 13.1. The number of hydrogen-bond donors (Lipinski definition) is 0. The molecule has 1 spiro atoms. The van der Waals surface area contributed by atoms with Crippen LogP contribution in [0.1, 0.15) is 24.0 Å². The molecule has 3 heteroatoms. The molecule has 0 saturated carbocycles. The second-order valence-corrected chi connectivity index (χ2v) is 6.12. The monoisotopic (exact) mass is 280 g/mol. The number of anilines is 1. The van der Waals surface area contributed by atoms with Crippen molar-refractivity contribution >= 4 is 5.69 Å². The summed E-state index contributed by atoms with van der Waals surface area (Å²) >= 11 is 0. The zero-order chi connectivity index (χ0) is 14.1. The van der Waals surface area contributed by atoms with Gasteiger partial charge in [0.1, 0.15) is 0 Å². The highest BCUT2D eigenvalue weighted by molar-refractivity contribution is 5.63. The predicted molar refractivity (Wildman–Crippen MR) is 83.5 cm³/mol. The van der Waals surface area contributed by atoms with Crippen molar-refractivity contribution < 1.29 is 4.74 Å². The lowest BCUT2D eigenvalue weighted by molar-refractivity contribution is 0.0553. The van der Waals surface area contributed by atoms with Gasteiger partial charge < -0.3 is 9.64 Å². The van der Waals surface area contributed by atoms with E-state index in [0.29, 0.717) is 5.41 Å². The van der Waals surface area contributed by atoms with E-state index < -0.39 is 0 Å². The average Bonchev–Trinajstić information content (AvgIpc) is 2.83. The minimum atomic E-state index is 0.294. The first-order valence-corrected chi connectivity index (χ1v) is 7.69. The quantitative estimate of drug-likeness (QED) is 0.845. The van der Waals surface area contributed by atoms with Crippen molar-refractivity contribution in [3.05, 3.63) is 59.9 Å². The fourth-order valence-corrected chi connectivity index (χ4v) is 3.77. The minimum absolute atomic E-state index is 0.294. The number of ether oxygens (including phenoxy) is 1. The van der Waals surface area contributed by atoms with Crippen LogP contribution < -0.4 is 4.90 Å². The molecule has 3 nitrogen and oxygen atoms in total. The summed E-state index contributed by atoms with van der Waals surface area (Å²) < 4.78 is 5.60. The van der Waals surface area contributed by atoms with Gasteiger partial charge >= 0.3 is 0 Å². The van der Waals surface area contributed by atoms with Gasteiger partial charge in [0.2, 0.25) is 0 Å². The molecule has 0 radical (unpaired) electrons. The second-order valence-electron chi connectivity index (χ2n) is 6.12. The van der Waals surface area contributed by atoms with Gasteiger partial charge in [0.05, 0.1) is 0 Å². The number of nitrogens with zero attached hydrogens (tertiary/aromatic N) is 2. The number of pyridine rings is 1. The lowest BCUT2D eigenvalue weighted by Gasteiger charge is -2.34. The van der Waals surface area contributed by atoms with Crippen molar-refractivity contribution in [2.24, 2.45) is 0 Å². The van der Waals surface area contributed by atoms with E-state index in [4.69, 9.17) is 4.74 Å². The summed E-state index contributed by atoms with van der Waals surface area (Å²) in [5, 5.41) is 0. The largest absolute Gasteiger partial charge is 0.381 e. The van der Waals surface area contributed by atoms with Crippen LogP contribution in [0, 0.1) is 0 Å². The Labute approximate surface area is 125 Å². The molecule has 0 bridgehead atoms. The van der Waals surface area contributed by atoms with Crippen LogP contribution in [0.3, 0.4) is 0 Å².